The Kier molecular flexibility index (Phi) is 3.36. The summed E-state index contributed by atoms with van der Waals surface area (Å²) in [6.07, 6.45) is -1.16. The van der Waals surface area contributed by atoms with E-state index in [9.17, 15) is 13.2 Å². The second-order valence-corrected chi connectivity index (χ2v) is 6.53. The molecule has 1 aliphatic carbocycles. The van der Waals surface area contributed by atoms with Gasteiger partial charge in [0.1, 0.15) is 0 Å². The minimum atomic E-state index is -4.28. The van der Waals surface area contributed by atoms with Crippen molar-refractivity contribution in [2.75, 3.05) is 5.32 Å². The van der Waals surface area contributed by atoms with E-state index in [-0.39, 0.29) is 12.0 Å². The molecule has 1 heterocycles. The topological polar surface area (TPSA) is 12.0 Å². The standard InChI is InChI=1S/C19H18F3N/c20-19(21,22)13-9-10-17-16(11-13)14-7-4-8-15(14)18(23-17)12-5-2-1-3-6-12/h1-3,5-6,9-11,14-15,18,23H,4,7-8H2/t14?,15-,18?/m1/s1. The molecule has 3 atom stereocenters. The molecule has 4 heteroatoms. The van der Waals surface area contributed by atoms with Crippen LogP contribution in [0.2, 0.25) is 0 Å². The molecule has 2 aromatic carbocycles. The van der Waals surface area contributed by atoms with E-state index < -0.39 is 11.7 Å². The number of anilines is 1. The molecule has 1 aliphatic heterocycles. The molecule has 2 aromatic rings. The molecule has 0 amide bonds. The molecule has 120 valence electrons. The van der Waals surface area contributed by atoms with Crippen molar-refractivity contribution in [1.29, 1.82) is 0 Å². The second kappa shape index (κ2) is 5.29. The zero-order chi connectivity index (χ0) is 16.0. The van der Waals surface area contributed by atoms with Crippen molar-refractivity contribution < 1.29 is 13.2 Å². The first kappa shape index (κ1) is 14.6. The summed E-state index contributed by atoms with van der Waals surface area (Å²) >= 11 is 0. The number of halogens is 3. The van der Waals surface area contributed by atoms with Crippen LogP contribution in [0.15, 0.2) is 48.5 Å². The maximum atomic E-state index is 13.0. The quantitative estimate of drug-likeness (QED) is 0.705. The smallest absolute Gasteiger partial charge is 0.378 e. The summed E-state index contributed by atoms with van der Waals surface area (Å²) in [6.45, 7) is 0. The van der Waals surface area contributed by atoms with Gasteiger partial charge in [0.25, 0.3) is 0 Å². The van der Waals surface area contributed by atoms with E-state index in [2.05, 4.69) is 17.4 Å². The highest BCUT2D eigenvalue weighted by Gasteiger charge is 2.41. The maximum absolute atomic E-state index is 13.0. The third-order valence-electron chi connectivity index (χ3n) is 5.25. The van der Waals surface area contributed by atoms with E-state index in [1.165, 1.54) is 17.7 Å². The molecule has 1 saturated carbocycles. The Bertz CT molecular complexity index is 708. The molecule has 1 N–H and O–H groups in total. The molecule has 0 bridgehead atoms. The number of benzene rings is 2. The number of nitrogens with one attached hydrogen (secondary N) is 1. The zero-order valence-corrected chi connectivity index (χ0v) is 12.6. The van der Waals surface area contributed by atoms with Crippen molar-refractivity contribution in [3.63, 3.8) is 0 Å². The molecule has 0 spiro atoms. The third-order valence-corrected chi connectivity index (χ3v) is 5.25. The van der Waals surface area contributed by atoms with Gasteiger partial charge in [-0.25, -0.2) is 0 Å². The lowest BCUT2D eigenvalue weighted by atomic mass is 9.77. The Labute approximate surface area is 133 Å². The number of alkyl halides is 3. The Morgan fingerprint density at radius 3 is 2.48 bits per heavy atom. The van der Waals surface area contributed by atoms with E-state index in [0.717, 1.165) is 30.5 Å². The van der Waals surface area contributed by atoms with Gasteiger partial charge in [0.15, 0.2) is 0 Å². The largest absolute Gasteiger partial charge is 0.416 e. The fraction of sp³-hybridized carbons (Fsp3) is 0.368. The summed E-state index contributed by atoms with van der Waals surface area (Å²) in [6, 6.07) is 14.5. The Hall–Kier alpha value is -1.97. The first-order valence-corrected chi connectivity index (χ1v) is 8.06. The number of hydrogen-bond acceptors (Lipinski definition) is 1. The average Bonchev–Trinajstić information content (AvgIpc) is 3.03. The van der Waals surface area contributed by atoms with Crippen LogP contribution in [0.25, 0.3) is 0 Å². The van der Waals surface area contributed by atoms with Crippen molar-refractivity contribution in [3.8, 4) is 0 Å². The maximum Gasteiger partial charge on any atom is 0.416 e. The molecule has 23 heavy (non-hydrogen) atoms. The highest BCUT2D eigenvalue weighted by molar-refractivity contribution is 5.59. The van der Waals surface area contributed by atoms with E-state index in [1.54, 1.807) is 6.07 Å². The molecule has 2 aliphatic rings. The molecule has 4 rings (SSSR count). The monoisotopic (exact) mass is 317 g/mol. The molecule has 0 aromatic heterocycles. The van der Waals surface area contributed by atoms with Gasteiger partial charge in [0.05, 0.1) is 11.6 Å². The van der Waals surface area contributed by atoms with Gasteiger partial charge in [-0.05, 0) is 54.0 Å². The number of fused-ring (bicyclic) bond motifs is 3. The molecule has 1 fully saturated rings. The summed E-state index contributed by atoms with van der Waals surface area (Å²) in [5.41, 5.74) is 2.38. The molecule has 0 radical (unpaired) electrons. The van der Waals surface area contributed by atoms with Crippen LogP contribution in [0, 0.1) is 5.92 Å². The van der Waals surface area contributed by atoms with Crippen molar-refractivity contribution in [3.05, 3.63) is 65.2 Å². The van der Waals surface area contributed by atoms with E-state index in [4.69, 9.17) is 0 Å². The van der Waals surface area contributed by atoms with Crippen LogP contribution >= 0.6 is 0 Å². The normalized spacial score (nSPS) is 26.3. The fourth-order valence-corrected chi connectivity index (χ4v) is 4.22. The van der Waals surface area contributed by atoms with Gasteiger partial charge in [-0.1, -0.05) is 36.8 Å². The minimum absolute atomic E-state index is 0.188. The van der Waals surface area contributed by atoms with Crippen molar-refractivity contribution in [2.45, 2.75) is 37.4 Å². The summed E-state index contributed by atoms with van der Waals surface area (Å²) in [7, 11) is 0. The van der Waals surface area contributed by atoms with Crippen LogP contribution in [0.4, 0.5) is 18.9 Å². The van der Waals surface area contributed by atoms with Crippen LogP contribution in [-0.2, 0) is 6.18 Å². The highest BCUT2D eigenvalue weighted by Crippen LogP contribution is 2.53. The summed E-state index contributed by atoms with van der Waals surface area (Å²) in [5.74, 6) is 0.590. The predicted octanol–water partition coefficient (Wildman–Crippen LogP) is 5.76. The van der Waals surface area contributed by atoms with E-state index in [0.29, 0.717) is 5.92 Å². The number of rotatable bonds is 1. The van der Waals surface area contributed by atoms with Crippen LogP contribution in [0.3, 0.4) is 0 Å². The van der Waals surface area contributed by atoms with Gasteiger partial charge in [0.2, 0.25) is 0 Å². The molecule has 0 saturated heterocycles. The van der Waals surface area contributed by atoms with Crippen LogP contribution in [-0.4, -0.2) is 0 Å². The van der Waals surface area contributed by atoms with Gasteiger partial charge in [-0.2, -0.15) is 13.2 Å². The van der Waals surface area contributed by atoms with Gasteiger partial charge in [-0.15, -0.1) is 0 Å². The SMILES string of the molecule is FC(F)(F)c1ccc2c(c1)C1CCC[C@H]1C(c1ccccc1)N2. The Morgan fingerprint density at radius 2 is 1.74 bits per heavy atom. The van der Waals surface area contributed by atoms with Crippen molar-refractivity contribution in [2.24, 2.45) is 5.92 Å². The first-order chi connectivity index (χ1) is 11.0. The first-order valence-electron chi connectivity index (χ1n) is 8.06. The van der Waals surface area contributed by atoms with Crippen LogP contribution in [0.1, 0.15) is 47.9 Å². The average molecular weight is 317 g/mol. The molecule has 1 nitrogen and oxygen atoms in total. The van der Waals surface area contributed by atoms with Crippen LogP contribution in [0.5, 0.6) is 0 Å². The summed E-state index contributed by atoms with van der Waals surface area (Å²) in [4.78, 5) is 0. The molecular weight excluding hydrogens is 299 g/mol. The lowest BCUT2D eigenvalue weighted by molar-refractivity contribution is -0.137. The predicted molar refractivity (Wildman–Crippen MR) is 84.3 cm³/mol. The summed E-state index contributed by atoms with van der Waals surface area (Å²) in [5, 5.41) is 3.50. The second-order valence-electron chi connectivity index (χ2n) is 6.53. The fourth-order valence-electron chi connectivity index (χ4n) is 4.22. The molecule has 2 unspecified atom stereocenters. The molecular formula is C19H18F3N. The van der Waals surface area contributed by atoms with Crippen LogP contribution < -0.4 is 5.32 Å². The summed E-state index contributed by atoms with van der Waals surface area (Å²) < 4.78 is 39.1. The lowest BCUT2D eigenvalue weighted by Crippen LogP contribution is -2.29. The lowest BCUT2D eigenvalue weighted by Gasteiger charge is -2.38. The van der Waals surface area contributed by atoms with Crippen molar-refractivity contribution >= 4 is 5.69 Å². The minimum Gasteiger partial charge on any atom is -0.378 e. The third kappa shape index (κ3) is 2.50. The van der Waals surface area contributed by atoms with Gasteiger partial charge in [-0.3, -0.25) is 0 Å². The Morgan fingerprint density at radius 1 is 0.957 bits per heavy atom. The highest BCUT2D eigenvalue weighted by atomic mass is 19.4. The Balaban J connectivity index is 1.77. The van der Waals surface area contributed by atoms with Gasteiger partial charge in [0, 0.05) is 5.69 Å². The van der Waals surface area contributed by atoms with E-state index >= 15 is 0 Å². The van der Waals surface area contributed by atoms with Gasteiger partial charge < -0.3 is 5.32 Å². The van der Waals surface area contributed by atoms with Gasteiger partial charge >= 0.3 is 6.18 Å². The number of hydrogen-bond donors (Lipinski definition) is 1. The zero-order valence-electron chi connectivity index (χ0n) is 12.6. The van der Waals surface area contributed by atoms with Crippen molar-refractivity contribution in [1.82, 2.24) is 0 Å². The van der Waals surface area contributed by atoms with E-state index in [1.807, 2.05) is 18.2 Å².